The molecular formula is C14H22N2O2S. The molecule has 2 rings (SSSR count). The van der Waals surface area contributed by atoms with Gasteiger partial charge in [-0.1, -0.05) is 6.42 Å². The van der Waals surface area contributed by atoms with Crippen molar-refractivity contribution in [3.8, 4) is 0 Å². The Morgan fingerprint density at radius 3 is 2.47 bits per heavy atom. The number of nitrogens with two attached hydrogens (primary N) is 1. The Bertz CT molecular complexity index is 577. The zero-order valence-electron chi connectivity index (χ0n) is 11.7. The van der Waals surface area contributed by atoms with Crippen LogP contribution in [0.5, 0.6) is 0 Å². The molecule has 1 unspecified atom stereocenters. The van der Waals surface area contributed by atoms with Gasteiger partial charge >= 0.3 is 0 Å². The molecule has 0 spiro atoms. The lowest BCUT2D eigenvalue weighted by Gasteiger charge is -2.31. The SMILES string of the molecule is Cc1cc(N)cc(S(=O)(=O)NC(C)C2CCC2)c1C. The molecule has 1 saturated carbocycles. The Balaban J connectivity index is 2.28. The third-order valence-corrected chi connectivity index (χ3v) is 5.81. The van der Waals surface area contributed by atoms with Crippen molar-refractivity contribution in [3.05, 3.63) is 23.3 Å². The fraction of sp³-hybridized carbons (Fsp3) is 0.571. The van der Waals surface area contributed by atoms with E-state index in [4.69, 9.17) is 5.73 Å². The van der Waals surface area contributed by atoms with Gasteiger partial charge in [-0.3, -0.25) is 0 Å². The first-order chi connectivity index (χ1) is 8.81. The van der Waals surface area contributed by atoms with E-state index < -0.39 is 10.0 Å². The summed E-state index contributed by atoms with van der Waals surface area (Å²) in [4.78, 5) is 0.302. The van der Waals surface area contributed by atoms with E-state index in [0.29, 0.717) is 16.5 Å². The number of anilines is 1. The summed E-state index contributed by atoms with van der Waals surface area (Å²) < 4.78 is 27.7. The van der Waals surface area contributed by atoms with Gasteiger partial charge in [0.15, 0.2) is 0 Å². The first kappa shape index (κ1) is 14.3. The Kier molecular flexibility index (Phi) is 3.87. The van der Waals surface area contributed by atoms with Crippen molar-refractivity contribution in [1.29, 1.82) is 0 Å². The minimum atomic E-state index is -3.49. The molecule has 1 aliphatic rings. The Hall–Kier alpha value is -1.07. The van der Waals surface area contributed by atoms with Crippen LogP contribution in [0, 0.1) is 19.8 Å². The second-order valence-electron chi connectivity index (χ2n) is 5.56. The van der Waals surface area contributed by atoms with E-state index >= 15 is 0 Å². The first-order valence-corrected chi connectivity index (χ1v) is 8.18. The lowest BCUT2D eigenvalue weighted by atomic mass is 9.81. The van der Waals surface area contributed by atoms with Crippen LogP contribution in [0.2, 0.25) is 0 Å². The minimum absolute atomic E-state index is 0.0140. The molecule has 0 heterocycles. The molecule has 3 N–H and O–H groups in total. The smallest absolute Gasteiger partial charge is 0.241 e. The van der Waals surface area contributed by atoms with Gasteiger partial charge in [0.05, 0.1) is 4.90 Å². The molecule has 4 nitrogen and oxygen atoms in total. The maximum absolute atomic E-state index is 12.4. The van der Waals surface area contributed by atoms with Crippen molar-refractivity contribution in [2.45, 2.75) is 51.0 Å². The molecule has 1 atom stereocenters. The number of sulfonamides is 1. The minimum Gasteiger partial charge on any atom is -0.399 e. The summed E-state index contributed by atoms with van der Waals surface area (Å²) >= 11 is 0. The zero-order chi connectivity index (χ0) is 14.2. The molecule has 0 aliphatic heterocycles. The highest BCUT2D eigenvalue weighted by Gasteiger charge is 2.28. The van der Waals surface area contributed by atoms with Gasteiger partial charge in [-0.25, -0.2) is 13.1 Å². The van der Waals surface area contributed by atoms with Crippen molar-refractivity contribution in [2.75, 3.05) is 5.73 Å². The van der Waals surface area contributed by atoms with Gasteiger partial charge in [0, 0.05) is 11.7 Å². The quantitative estimate of drug-likeness (QED) is 0.833. The summed E-state index contributed by atoms with van der Waals surface area (Å²) in [6, 6.07) is 3.32. The van der Waals surface area contributed by atoms with Gasteiger partial charge in [0.2, 0.25) is 10.0 Å². The highest BCUT2D eigenvalue weighted by molar-refractivity contribution is 7.89. The predicted molar refractivity (Wildman–Crippen MR) is 77.5 cm³/mol. The Labute approximate surface area is 115 Å². The first-order valence-electron chi connectivity index (χ1n) is 6.70. The molecule has 0 amide bonds. The second-order valence-corrected chi connectivity index (χ2v) is 7.24. The van der Waals surface area contributed by atoms with Gasteiger partial charge < -0.3 is 5.73 Å². The van der Waals surface area contributed by atoms with Crippen LogP contribution in [0.1, 0.15) is 37.3 Å². The summed E-state index contributed by atoms with van der Waals surface area (Å²) in [7, 11) is -3.49. The molecule has 1 aliphatic carbocycles. The van der Waals surface area contributed by atoms with Crippen molar-refractivity contribution >= 4 is 15.7 Å². The molecule has 0 bridgehead atoms. The van der Waals surface area contributed by atoms with Gasteiger partial charge in [-0.15, -0.1) is 0 Å². The molecule has 0 aromatic heterocycles. The number of nitrogens with one attached hydrogen (secondary N) is 1. The Morgan fingerprint density at radius 1 is 1.32 bits per heavy atom. The molecule has 0 saturated heterocycles. The average molecular weight is 282 g/mol. The van der Waals surface area contributed by atoms with E-state index in [-0.39, 0.29) is 6.04 Å². The molecule has 1 fully saturated rings. The average Bonchev–Trinajstić information content (AvgIpc) is 2.19. The van der Waals surface area contributed by atoms with E-state index in [1.165, 1.54) is 12.5 Å². The van der Waals surface area contributed by atoms with Gasteiger partial charge in [-0.05, 0) is 62.8 Å². The third-order valence-electron chi connectivity index (χ3n) is 4.13. The molecule has 19 heavy (non-hydrogen) atoms. The zero-order valence-corrected chi connectivity index (χ0v) is 12.5. The standard InChI is InChI=1S/C14H22N2O2S/c1-9-7-13(15)8-14(10(9)2)19(17,18)16-11(3)12-5-4-6-12/h7-8,11-12,16H,4-6,15H2,1-3H3. The summed E-state index contributed by atoms with van der Waals surface area (Å²) in [6.45, 7) is 5.63. The summed E-state index contributed by atoms with van der Waals surface area (Å²) in [5.74, 6) is 0.470. The van der Waals surface area contributed by atoms with E-state index in [2.05, 4.69) is 4.72 Å². The highest BCUT2D eigenvalue weighted by Crippen LogP contribution is 2.30. The van der Waals surface area contributed by atoms with Crippen LogP contribution in [0.4, 0.5) is 5.69 Å². The number of hydrogen-bond donors (Lipinski definition) is 2. The van der Waals surface area contributed by atoms with E-state index in [1.54, 1.807) is 6.07 Å². The van der Waals surface area contributed by atoms with Crippen molar-refractivity contribution in [2.24, 2.45) is 5.92 Å². The predicted octanol–water partition coefficient (Wildman–Crippen LogP) is 2.35. The van der Waals surface area contributed by atoms with Gasteiger partial charge in [0.1, 0.15) is 0 Å². The lowest BCUT2D eigenvalue weighted by molar-refractivity contribution is 0.260. The topological polar surface area (TPSA) is 72.2 Å². The molecule has 1 aromatic carbocycles. The number of nitrogen functional groups attached to an aromatic ring is 1. The monoisotopic (exact) mass is 282 g/mol. The number of aryl methyl sites for hydroxylation is 1. The molecule has 5 heteroatoms. The Morgan fingerprint density at radius 2 is 1.95 bits per heavy atom. The molecule has 0 radical (unpaired) electrons. The normalized spacial score (nSPS) is 18.1. The van der Waals surface area contributed by atoms with Gasteiger partial charge in [-0.2, -0.15) is 0 Å². The fourth-order valence-electron chi connectivity index (χ4n) is 2.48. The van der Waals surface area contributed by atoms with Gasteiger partial charge in [0.25, 0.3) is 0 Å². The number of hydrogen-bond acceptors (Lipinski definition) is 3. The van der Waals surface area contributed by atoms with Crippen molar-refractivity contribution in [1.82, 2.24) is 4.72 Å². The lowest BCUT2D eigenvalue weighted by Crippen LogP contribution is -2.40. The van der Waals surface area contributed by atoms with Crippen LogP contribution in [0.15, 0.2) is 17.0 Å². The van der Waals surface area contributed by atoms with E-state index in [1.807, 2.05) is 20.8 Å². The summed E-state index contributed by atoms with van der Waals surface area (Å²) in [5, 5.41) is 0. The second kappa shape index (κ2) is 5.13. The van der Waals surface area contributed by atoms with Crippen LogP contribution in [-0.2, 0) is 10.0 Å². The largest absolute Gasteiger partial charge is 0.399 e. The summed E-state index contributed by atoms with van der Waals surface area (Å²) in [5.41, 5.74) is 7.91. The third kappa shape index (κ3) is 2.92. The maximum atomic E-state index is 12.4. The van der Waals surface area contributed by atoms with Crippen LogP contribution >= 0.6 is 0 Å². The number of rotatable bonds is 4. The van der Waals surface area contributed by atoms with E-state index in [0.717, 1.165) is 24.0 Å². The molecular weight excluding hydrogens is 260 g/mol. The van der Waals surface area contributed by atoms with Crippen molar-refractivity contribution < 1.29 is 8.42 Å². The van der Waals surface area contributed by atoms with Crippen LogP contribution in [-0.4, -0.2) is 14.5 Å². The van der Waals surface area contributed by atoms with Crippen LogP contribution in [0.25, 0.3) is 0 Å². The van der Waals surface area contributed by atoms with Crippen LogP contribution < -0.4 is 10.5 Å². The fourth-order valence-corrected chi connectivity index (χ4v) is 4.14. The molecule has 106 valence electrons. The van der Waals surface area contributed by atoms with E-state index in [9.17, 15) is 8.42 Å². The summed E-state index contributed by atoms with van der Waals surface area (Å²) in [6.07, 6.45) is 3.42. The number of benzene rings is 1. The van der Waals surface area contributed by atoms with Crippen molar-refractivity contribution in [3.63, 3.8) is 0 Å². The highest BCUT2D eigenvalue weighted by atomic mass is 32.2. The maximum Gasteiger partial charge on any atom is 0.241 e. The molecule has 1 aromatic rings. The van der Waals surface area contributed by atoms with Crippen LogP contribution in [0.3, 0.4) is 0 Å².